The maximum absolute atomic E-state index is 13.3. The second-order valence-corrected chi connectivity index (χ2v) is 8.48. The lowest BCUT2D eigenvalue weighted by atomic mass is 10.1. The van der Waals surface area contributed by atoms with E-state index in [-0.39, 0.29) is 23.7 Å². The Kier molecular flexibility index (Phi) is 6.13. The van der Waals surface area contributed by atoms with E-state index in [0.29, 0.717) is 34.8 Å². The molecular weight excluding hydrogens is 417 g/mol. The van der Waals surface area contributed by atoms with E-state index in [1.54, 1.807) is 42.8 Å². The zero-order chi connectivity index (χ0) is 21.8. The first-order valence-corrected chi connectivity index (χ1v) is 11.4. The van der Waals surface area contributed by atoms with Crippen molar-refractivity contribution in [1.82, 2.24) is 19.5 Å². The van der Waals surface area contributed by atoms with E-state index in [2.05, 4.69) is 20.3 Å². The lowest BCUT2D eigenvalue weighted by Gasteiger charge is -2.13. The summed E-state index contributed by atoms with van der Waals surface area (Å²) in [6.45, 7) is 0.578. The lowest BCUT2D eigenvalue weighted by Crippen LogP contribution is -2.28. The van der Waals surface area contributed by atoms with Crippen molar-refractivity contribution in [3.05, 3.63) is 82.7 Å². The number of hydrogen-bond donors (Lipinski definition) is 1. The normalized spacial score (nSPS) is 12.1. The summed E-state index contributed by atoms with van der Waals surface area (Å²) >= 11 is 0. The summed E-state index contributed by atoms with van der Waals surface area (Å²) in [6.07, 6.45) is 3.27. The predicted octanol–water partition coefficient (Wildman–Crippen LogP) is 2.83. The van der Waals surface area contributed by atoms with Gasteiger partial charge in [0.15, 0.2) is 11.5 Å². The molecule has 7 nitrogen and oxygen atoms in total. The van der Waals surface area contributed by atoms with Gasteiger partial charge in [0.05, 0.1) is 17.9 Å². The molecule has 9 heteroatoms. The van der Waals surface area contributed by atoms with Crippen LogP contribution in [0.1, 0.15) is 5.69 Å². The zero-order valence-corrected chi connectivity index (χ0v) is 17.6. The van der Waals surface area contributed by atoms with E-state index in [1.165, 1.54) is 16.7 Å². The molecule has 1 unspecified atom stereocenters. The van der Waals surface area contributed by atoms with Gasteiger partial charge >= 0.3 is 0 Å². The average molecular weight is 438 g/mol. The Labute approximate surface area is 180 Å². The maximum Gasteiger partial charge on any atom is 0.295 e. The summed E-state index contributed by atoms with van der Waals surface area (Å²) in [5.41, 5.74) is 2.62. The predicted molar refractivity (Wildman–Crippen MR) is 120 cm³/mol. The van der Waals surface area contributed by atoms with E-state index in [0.717, 1.165) is 5.56 Å². The van der Waals surface area contributed by atoms with Crippen LogP contribution in [-0.2, 0) is 17.3 Å². The van der Waals surface area contributed by atoms with Crippen LogP contribution < -0.4 is 10.9 Å². The highest BCUT2D eigenvalue weighted by molar-refractivity contribution is 7.84. The van der Waals surface area contributed by atoms with Crippen LogP contribution in [-0.4, -0.2) is 42.3 Å². The molecule has 3 heterocycles. The summed E-state index contributed by atoms with van der Waals surface area (Å²) in [7, 11) is -0.984. The number of pyridine rings is 2. The summed E-state index contributed by atoms with van der Waals surface area (Å²) < 4.78 is 26.2. The number of nitrogens with one attached hydrogen (secondary N) is 1. The number of anilines is 1. The van der Waals surface area contributed by atoms with Crippen molar-refractivity contribution >= 4 is 27.8 Å². The topological polar surface area (TPSA) is 89.8 Å². The van der Waals surface area contributed by atoms with Gasteiger partial charge in [0.2, 0.25) is 0 Å². The van der Waals surface area contributed by atoms with Crippen LogP contribution in [0.3, 0.4) is 0 Å². The van der Waals surface area contributed by atoms with Crippen molar-refractivity contribution in [3.8, 4) is 11.3 Å². The summed E-state index contributed by atoms with van der Waals surface area (Å²) in [5, 5.41) is 2.99. The Balaban J connectivity index is 1.83. The molecule has 4 rings (SSSR count). The van der Waals surface area contributed by atoms with Gasteiger partial charge in [-0.25, -0.2) is 14.4 Å². The minimum absolute atomic E-state index is 0.171. The Bertz CT molecular complexity index is 1290. The first-order chi connectivity index (χ1) is 15.0. The van der Waals surface area contributed by atoms with Crippen LogP contribution in [0.15, 0.2) is 65.6 Å². The zero-order valence-electron chi connectivity index (χ0n) is 16.8. The Morgan fingerprint density at radius 3 is 2.58 bits per heavy atom. The molecule has 0 saturated carbocycles. The van der Waals surface area contributed by atoms with E-state index in [4.69, 9.17) is 0 Å². The van der Waals surface area contributed by atoms with Gasteiger partial charge < -0.3 is 5.32 Å². The van der Waals surface area contributed by atoms with Crippen molar-refractivity contribution in [1.29, 1.82) is 0 Å². The molecule has 3 aromatic heterocycles. The number of hydrogen-bond acceptors (Lipinski definition) is 6. The molecule has 0 bridgehead atoms. The van der Waals surface area contributed by atoms with Crippen molar-refractivity contribution < 1.29 is 8.60 Å². The molecule has 4 aromatic rings. The number of aromatic nitrogens is 4. The molecule has 0 fully saturated rings. The average Bonchev–Trinajstić information content (AvgIpc) is 2.77. The largest absolute Gasteiger partial charge is 0.365 e. The molecule has 1 aromatic carbocycles. The highest BCUT2D eigenvalue weighted by atomic mass is 32.2. The van der Waals surface area contributed by atoms with Crippen molar-refractivity contribution in [3.63, 3.8) is 0 Å². The van der Waals surface area contributed by atoms with Crippen LogP contribution in [0.2, 0.25) is 0 Å². The number of nitrogens with zero attached hydrogens (tertiary/aromatic N) is 4. The lowest BCUT2D eigenvalue weighted by molar-refractivity contribution is 0.628. The van der Waals surface area contributed by atoms with Crippen molar-refractivity contribution in [2.24, 2.45) is 0 Å². The molecule has 0 amide bonds. The van der Waals surface area contributed by atoms with Gasteiger partial charge in [-0.05, 0) is 48.5 Å². The Hall–Kier alpha value is -3.46. The summed E-state index contributed by atoms with van der Waals surface area (Å²) in [6, 6.07) is 15.1. The van der Waals surface area contributed by atoms with Crippen molar-refractivity contribution in [2.75, 3.05) is 23.9 Å². The van der Waals surface area contributed by atoms with Crippen LogP contribution >= 0.6 is 0 Å². The van der Waals surface area contributed by atoms with Gasteiger partial charge in [0, 0.05) is 41.1 Å². The molecule has 0 spiro atoms. The highest BCUT2D eigenvalue weighted by Crippen LogP contribution is 2.21. The van der Waals surface area contributed by atoms with Crippen LogP contribution in [0.4, 0.5) is 10.2 Å². The molecule has 1 N–H and O–H groups in total. The van der Waals surface area contributed by atoms with Gasteiger partial charge in [-0.3, -0.25) is 18.6 Å². The third-order valence-electron chi connectivity index (χ3n) is 4.66. The molecule has 0 radical (unpaired) electrons. The third-order valence-corrected chi connectivity index (χ3v) is 5.44. The minimum Gasteiger partial charge on any atom is -0.365 e. The minimum atomic E-state index is -0.984. The van der Waals surface area contributed by atoms with E-state index in [1.807, 2.05) is 12.1 Å². The standard InChI is InChI=1S/C22H20FN5O2S/c1-31(30)13-12-25-20-22(29)28(14-17-4-2-3-11-24-17)21-19(26-20)10-9-18(27-21)15-5-7-16(23)8-6-15/h2-11H,12-14H2,1H3,(H,25,26). The van der Waals surface area contributed by atoms with Crippen LogP contribution in [0.25, 0.3) is 22.4 Å². The molecule has 0 aliphatic rings. The number of halogens is 1. The number of rotatable bonds is 7. The molecule has 31 heavy (non-hydrogen) atoms. The fourth-order valence-electron chi connectivity index (χ4n) is 3.13. The molecule has 158 valence electrons. The highest BCUT2D eigenvalue weighted by Gasteiger charge is 2.14. The van der Waals surface area contributed by atoms with Crippen molar-refractivity contribution in [2.45, 2.75) is 6.54 Å². The fraction of sp³-hybridized carbons (Fsp3) is 0.182. The smallest absolute Gasteiger partial charge is 0.295 e. The maximum atomic E-state index is 13.3. The SMILES string of the molecule is CS(=O)CCNc1nc2ccc(-c3ccc(F)cc3)nc2n(Cc2ccccn2)c1=O. The van der Waals surface area contributed by atoms with Gasteiger partial charge in [0.25, 0.3) is 5.56 Å². The molecule has 0 aliphatic carbocycles. The van der Waals surface area contributed by atoms with Gasteiger partial charge in [-0.2, -0.15) is 0 Å². The summed E-state index contributed by atoms with van der Waals surface area (Å²) in [5.74, 6) is 0.244. The quantitative estimate of drug-likeness (QED) is 0.478. The second kappa shape index (κ2) is 9.13. The molecule has 0 saturated heterocycles. The van der Waals surface area contributed by atoms with Crippen LogP contribution in [0, 0.1) is 5.82 Å². The van der Waals surface area contributed by atoms with E-state index < -0.39 is 10.8 Å². The number of fused-ring (bicyclic) bond motifs is 1. The van der Waals surface area contributed by atoms with E-state index in [9.17, 15) is 13.4 Å². The van der Waals surface area contributed by atoms with Crippen LogP contribution in [0.5, 0.6) is 0 Å². The number of benzene rings is 1. The molecule has 0 aliphatic heterocycles. The van der Waals surface area contributed by atoms with Gasteiger partial charge in [-0.1, -0.05) is 6.07 Å². The van der Waals surface area contributed by atoms with Gasteiger partial charge in [0.1, 0.15) is 11.3 Å². The summed E-state index contributed by atoms with van der Waals surface area (Å²) in [4.78, 5) is 26.6. The van der Waals surface area contributed by atoms with E-state index >= 15 is 0 Å². The monoisotopic (exact) mass is 437 g/mol. The third kappa shape index (κ3) is 4.83. The first-order valence-electron chi connectivity index (χ1n) is 9.62. The second-order valence-electron chi connectivity index (χ2n) is 6.92. The molecule has 1 atom stereocenters. The Morgan fingerprint density at radius 2 is 1.87 bits per heavy atom. The first kappa shape index (κ1) is 20.8. The molecular formula is C22H20FN5O2S. The fourth-order valence-corrected chi connectivity index (χ4v) is 3.52. The Morgan fingerprint density at radius 1 is 1.06 bits per heavy atom. The van der Waals surface area contributed by atoms with Gasteiger partial charge in [-0.15, -0.1) is 0 Å².